The molecule has 3 amide bonds. The average molecular weight is 426 g/mol. The summed E-state index contributed by atoms with van der Waals surface area (Å²) >= 11 is 11.8. The normalized spacial score (nSPS) is 10.1. The van der Waals surface area contributed by atoms with E-state index in [-0.39, 0.29) is 11.6 Å². The number of hydrazine groups is 1. The van der Waals surface area contributed by atoms with Gasteiger partial charge in [-0.1, -0.05) is 29.3 Å². The number of benzene rings is 2. The third kappa shape index (κ3) is 6.41. The summed E-state index contributed by atoms with van der Waals surface area (Å²) in [6, 6.07) is 11.1. The second kappa shape index (κ2) is 10.5. The number of amides is 3. The molecule has 0 atom stereocenters. The number of carbonyl (C=O) groups is 3. The van der Waals surface area contributed by atoms with Crippen LogP contribution in [0.2, 0.25) is 10.0 Å². The van der Waals surface area contributed by atoms with Gasteiger partial charge in [0.15, 0.2) is 0 Å². The minimum absolute atomic E-state index is 0.205. The maximum atomic E-state index is 11.9. The van der Waals surface area contributed by atoms with Gasteiger partial charge in [0.1, 0.15) is 19.0 Å². The van der Waals surface area contributed by atoms with Crippen molar-refractivity contribution in [1.82, 2.24) is 10.9 Å². The smallest absolute Gasteiger partial charge is 0.269 e. The fourth-order valence-corrected chi connectivity index (χ4v) is 2.35. The van der Waals surface area contributed by atoms with Gasteiger partial charge in [-0.25, -0.2) is 0 Å². The third-order valence-corrected chi connectivity index (χ3v) is 4.18. The van der Waals surface area contributed by atoms with Crippen molar-refractivity contribution in [1.29, 1.82) is 0 Å². The van der Waals surface area contributed by atoms with Crippen LogP contribution in [0, 0.1) is 0 Å². The van der Waals surface area contributed by atoms with Crippen molar-refractivity contribution >= 4 is 46.6 Å². The van der Waals surface area contributed by atoms with E-state index < -0.39 is 24.3 Å². The molecule has 0 fully saturated rings. The van der Waals surface area contributed by atoms with Crippen molar-refractivity contribution in [2.45, 2.75) is 0 Å². The van der Waals surface area contributed by atoms with Crippen molar-refractivity contribution in [3.63, 3.8) is 0 Å². The van der Waals surface area contributed by atoms with Gasteiger partial charge in [0.25, 0.3) is 11.8 Å². The third-order valence-electron chi connectivity index (χ3n) is 3.36. The number of ether oxygens (including phenoxy) is 2. The first kappa shape index (κ1) is 21.5. The van der Waals surface area contributed by atoms with E-state index >= 15 is 0 Å². The molecule has 2 aromatic rings. The first-order chi connectivity index (χ1) is 13.4. The summed E-state index contributed by atoms with van der Waals surface area (Å²) in [6.07, 6.45) is 0. The van der Waals surface area contributed by atoms with Gasteiger partial charge in [0.2, 0.25) is 5.91 Å². The SMILES string of the molecule is COc1ccc(C(=O)NNC(=O)COCC(=O)Nc2cccc(Cl)c2Cl)cc1. The van der Waals surface area contributed by atoms with Crippen LogP contribution in [-0.4, -0.2) is 38.0 Å². The molecular weight excluding hydrogens is 409 g/mol. The highest BCUT2D eigenvalue weighted by Gasteiger charge is 2.11. The molecule has 3 N–H and O–H groups in total. The number of anilines is 1. The number of carbonyl (C=O) groups excluding carboxylic acids is 3. The van der Waals surface area contributed by atoms with Crippen LogP contribution in [0.4, 0.5) is 5.69 Å². The monoisotopic (exact) mass is 425 g/mol. The van der Waals surface area contributed by atoms with E-state index in [4.69, 9.17) is 32.7 Å². The zero-order valence-corrected chi connectivity index (χ0v) is 16.3. The molecule has 28 heavy (non-hydrogen) atoms. The summed E-state index contributed by atoms with van der Waals surface area (Å²) in [5.41, 5.74) is 5.09. The summed E-state index contributed by atoms with van der Waals surface area (Å²) in [4.78, 5) is 35.4. The maximum Gasteiger partial charge on any atom is 0.269 e. The summed E-state index contributed by atoms with van der Waals surface area (Å²) in [6.45, 7) is -0.817. The number of hydrogen-bond donors (Lipinski definition) is 3. The van der Waals surface area contributed by atoms with Gasteiger partial charge >= 0.3 is 0 Å². The van der Waals surface area contributed by atoms with Crippen LogP contribution in [-0.2, 0) is 14.3 Å². The van der Waals surface area contributed by atoms with Gasteiger partial charge in [-0.05, 0) is 36.4 Å². The first-order valence-corrected chi connectivity index (χ1v) is 8.71. The molecule has 2 rings (SSSR count). The van der Waals surface area contributed by atoms with Gasteiger partial charge in [0, 0.05) is 5.56 Å². The van der Waals surface area contributed by atoms with Crippen LogP contribution in [0.3, 0.4) is 0 Å². The standard InChI is InChI=1S/C18H17Cl2N3O5/c1-27-12-7-5-11(6-8-12)18(26)23-22-16(25)10-28-9-15(24)21-14-4-2-3-13(19)17(14)20/h2-8H,9-10H2,1H3,(H,21,24)(H,22,25)(H,23,26). The molecular formula is C18H17Cl2N3O5. The minimum atomic E-state index is -0.629. The Bertz CT molecular complexity index is 859. The average Bonchev–Trinajstić information content (AvgIpc) is 2.69. The molecule has 0 heterocycles. The highest BCUT2D eigenvalue weighted by atomic mass is 35.5. The predicted molar refractivity (Wildman–Crippen MR) is 105 cm³/mol. The van der Waals surface area contributed by atoms with Crippen LogP contribution >= 0.6 is 23.2 Å². The molecule has 0 aliphatic rings. The van der Waals surface area contributed by atoms with Gasteiger partial charge < -0.3 is 14.8 Å². The van der Waals surface area contributed by atoms with E-state index in [9.17, 15) is 14.4 Å². The lowest BCUT2D eigenvalue weighted by Gasteiger charge is -2.10. The second-order valence-electron chi connectivity index (χ2n) is 5.37. The fourth-order valence-electron chi connectivity index (χ4n) is 2.00. The maximum absolute atomic E-state index is 11.9. The topological polar surface area (TPSA) is 106 Å². The zero-order valence-electron chi connectivity index (χ0n) is 14.8. The van der Waals surface area contributed by atoms with Crippen molar-refractivity contribution in [2.24, 2.45) is 0 Å². The fraction of sp³-hybridized carbons (Fsp3) is 0.167. The van der Waals surface area contributed by atoms with Crippen LogP contribution in [0.1, 0.15) is 10.4 Å². The van der Waals surface area contributed by atoms with Crippen molar-refractivity contribution in [3.8, 4) is 5.75 Å². The Kier molecular flexibility index (Phi) is 8.06. The summed E-state index contributed by atoms with van der Waals surface area (Å²) in [7, 11) is 1.51. The molecule has 0 aliphatic heterocycles. The predicted octanol–water partition coefficient (Wildman–Crippen LogP) is 2.42. The van der Waals surface area contributed by atoms with Crippen molar-refractivity contribution in [3.05, 3.63) is 58.1 Å². The molecule has 0 radical (unpaired) electrons. The second-order valence-corrected chi connectivity index (χ2v) is 6.16. The Balaban J connectivity index is 1.69. The van der Waals surface area contributed by atoms with Crippen LogP contribution in [0.5, 0.6) is 5.75 Å². The van der Waals surface area contributed by atoms with E-state index in [1.807, 2.05) is 0 Å². The van der Waals surface area contributed by atoms with Gasteiger partial charge in [-0.15, -0.1) is 0 Å². The van der Waals surface area contributed by atoms with E-state index in [1.165, 1.54) is 7.11 Å². The van der Waals surface area contributed by atoms with E-state index in [2.05, 4.69) is 16.2 Å². The Morgan fingerprint density at radius 1 is 0.929 bits per heavy atom. The van der Waals surface area contributed by atoms with Crippen molar-refractivity contribution in [2.75, 3.05) is 25.6 Å². The number of hydrogen-bond acceptors (Lipinski definition) is 5. The molecule has 10 heteroatoms. The molecule has 0 bridgehead atoms. The lowest BCUT2D eigenvalue weighted by molar-refractivity contribution is -0.129. The Hall–Kier alpha value is -2.81. The zero-order chi connectivity index (χ0) is 20.5. The molecule has 148 valence electrons. The minimum Gasteiger partial charge on any atom is -0.497 e. The van der Waals surface area contributed by atoms with E-state index in [1.54, 1.807) is 42.5 Å². The Morgan fingerprint density at radius 2 is 1.61 bits per heavy atom. The van der Waals surface area contributed by atoms with Crippen LogP contribution in [0.15, 0.2) is 42.5 Å². The molecule has 0 saturated carbocycles. The molecule has 8 nitrogen and oxygen atoms in total. The summed E-state index contributed by atoms with van der Waals surface area (Å²) in [5.74, 6) is -1.05. The number of halogens is 2. The summed E-state index contributed by atoms with van der Waals surface area (Å²) in [5, 5.41) is 3.02. The van der Waals surface area contributed by atoms with Crippen molar-refractivity contribution < 1.29 is 23.9 Å². The molecule has 0 unspecified atom stereocenters. The molecule has 0 spiro atoms. The van der Waals surface area contributed by atoms with Crippen LogP contribution in [0.25, 0.3) is 0 Å². The van der Waals surface area contributed by atoms with Gasteiger partial charge in [-0.3, -0.25) is 25.2 Å². The lowest BCUT2D eigenvalue weighted by Crippen LogP contribution is -2.43. The molecule has 2 aromatic carbocycles. The molecule has 0 aromatic heterocycles. The van der Waals surface area contributed by atoms with E-state index in [0.717, 1.165) is 0 Å². The Labute approximate surface area is 171 Å². The first-order valence-electron chi connectivity index (χ1n) is 7.95. The highest BCUT2D eigenvalue weighted by molar-refractivity contribution is 6.44. The quantitative estimate of drug-likeness (QED) is 0.590. The van der Waals surface area contributed by atoms with Crippen LogP contribution < -0.4 is 20.9 Å². The van der Waals surface area contributed by atoms with Gasteiger partial charge in [0.05, 0.1) is 22.8 Å². The largest absolute Gasteiger partial charge is 0.497 e. The lowest BCUT2D eigenvalue weighted by atomic mass is 10.2. The number of rotatable bonds is 7. The number of nitrogens with one attached hydrogen (secondary N) is 3. The number of methoxy groups -OCH3 is 1. The highest BCUT2D eigenvalue weighted by Crippen LogP contribution is 2.29. The summed E-state index contributed by atoms with van der Waals surface area (Å²) < 4.78 is 10.00. The van der Waals surface area contributed by atoms with Gasteiger partial charge in [-0.2, -0.15) is 0 Å². The molecule has 0 saturated heterocycles. The molecule has 0 aliphatic carbocycles. The Morgan fingerprint density at radius 3 is 2.29 bits per heavy atom. The van der Waals surface area contributed by atoms with E-state index in [0.29, 0.717) is 22.0 Å².